The third-order valence-corrected chi connectivity index (χ3v) is 5.12. The number of nitrogens with one attached hydrogen (secondary N) is 3. The van der Waals surface area contributed by atoms with Gasteiger partial charge in [0.2, 0.25) is 0 Å². The molecule has 0 unspecified atom stereocenters. The van der Waals surface area contributed by atoms with Crippen molar-refractivity contribution in [3.8, 4) is 5.82 Å². The van der Waals surface area contributed by atoms with Gasteiger partial charge < -0.3 is 10.2 Å². The predicted molar refractivity (Wildman–Crippen MR) is 128 cm³/mol. The van der Waals surface area contributed by atoms with Crippen LogP contribution < -0.4 is 21.6 Å². The summed E-state index contributed by atoms with van der Waals surface area (Å²) in [4.78, 5) is 42.9. The number of aryl methyl sites for hydroxylation is 1. The summed E-state index contributed by atoms with van der Waals surface area (Å²) in [7, 11) is 4.54. The van der Waals surface area contributed by atoms with E-state index in [-0.39, 0.29) is 22.1 Å². The maximum atomic E-state index is 13.4. The first-order valence-corrected chi connectivity index (χ1v) is 10.7. The largest absolute Gasteiger partial charge is 0.435 e. The molecule has 0 bridgehead atoms. The average Bonchev–Trinajstić information content (AvgIpc) is 3.25. The van der Waals surface area contributed by atoms with Crippen LogP contribution in [0.25, 0.3) is 5.82 Å². The summed E-state index contributed by atoms with van der Waals surface area (Å²) in [5.41, 5.74) is 3.69. The third kappa shape index (κ3) is 5.76. The summed E-state index contributed by atoms with van der Waals surface area (Å²) >= 11 is 6.08. The molecule has 0 aliphatic carbocycles. The van der Waals surface area contributed by atoms with Gasteiger partial charge in [-0.25, -0.2) is 19.9 Å². The van der Waals surface area contributed by atoms with Gasteiger partial charge in [-0.15, -0.1) is 0 Å². The van der Waals surface area contributed by atoms with Crippen LogP contribution in [-0.2, 0) is 6.18 Å². The lowest BCUT2D eigenvalue weighted by molar-refractivity contribution is -0.141. The van der Waals surface area contributed by atoms with Gasteiger partial charge in [0, 0.05) is 32.0 Å². The number of alkyl halides is 3. The van der Waals surface area contributed by atoms with E-state index in [1.807, 2.05) is 0 Å². The zero-order chi connectivity index (χ0) is 26.8. The third-order valence-electron chi connectivity index (χ3n) is 4.82. The molecular weight excluding hydrogens is 502 g/mol. The number of carbonyl (C=O) groups excluding carboxylic acids is 3. The molecule has 3 N–H and O–H groups in total. The van der Waals surface area contributed by atoms with Crippen LogP contribution in [0.2, 0.25) is 5.02 Å². The van der Waals surface area contributed by atoms with Gasteiger partial charge >= 0.3 is 12.2 Å². The van der Waals surface area contributed by atoms with Crippen LogP contribution in [-0.4, -0.2) is 59.5 Å². The monoisotopic (exact) mass is 521 g/mol. The molecule has 0 atom stereocenters. The number of benzene rings is 1. The molecule has 3 aromatic rings. The Morgan fingerprint density at radius 2 is 1.81 bits per heavy atom. The number of nitrogens with zero attached hydrogens (tertiary/aromatic N) is 4. The van der Waals surface area contributed by atoms with Crippen LogP contribution in [0.4, 0.5) is 23.7 Å². The number of carbonyl (C=O) groups is 3. The Bertz CT molecular complexity index is 1340. The second-order valence-electron chi connectivity index (χ2n) is 7.87. The van der Waals surface area contributed by atoms with E-state index in [1.54, 1.807) is 20.8 Å². The second kappa shape index (κ2) is 10.3. The van der Waals surface area contributed by atoms with E-state index in [9.17, 15) is 27.6 Å². The number of hydrogen-bond donors (Lipinski definition) is 3. The fourth-order valence-corrected chi connectivity index (χ4v) is 3.36. The highest BCUT2D eigenvalue weighted by Crippen LogP contribution is 2.30. The van der Waals surface area contributed by atoms with Crippen LogP contribution in [0.3, 0.4) is 0 Å². The molecule has 2 aromatic heterocycles. The first-order chi connectivity index (χ1) is 16.8. The molecule has 1 aromatic carbocycles. The molecule has 0 spiro atoms. The van der Waals surface area contributed by atoms with E-state index in [0.29, 0.717) is 21.8 Å². The normalized spacial score (nSPS) is 11.1. The summed E-state index contributed by atoms with van der Waals surface area (Å²) in [6.45, 7) is 1.71. The minimum absolute atomic E-state index is 0.0237. The number of pyridine rings is 1. The predicted octanol–water partition coefficient (Wildman–Crippen LogP) is 1.67. The van der Waals surface area contributed by atoms with E-state index < -0.39 is 35.4 Å². The standard InChI is InChI=1S/C21H20BClF3N7O3/c1-10-7-11(18(34)29-30-20(36)32(2)3)16(12(22)8-10)28-19(35)14-9-15(21(24,25)26)31-33(14)17-13(23)5-4-6-27-17/h4-9H,22H2,1-3H3,(H,28,35)(H,29,34)(H,30,36). The van der Waals surface area contributed by atoms with E-state index in [1.165, 1.54) is 43.4 Å². The van der Waals surface area contributed by atoms with Gasteiger partial charge in [0.1, 0.15) is 13.5 Å². The molecule has 4 amide bonds. The second-order valence-corrected chi connectivity index (χ2v) is 8.28. The zero-order valence-corrected chi connectivity index (χ0v) is 20.2. The molecule has 0 fully saturated rings. The van der Waals surface area contributed by atoms with E-state index in [2.05, 4.69) is 26.3 Å². The van der Waals surface area contributed by atoms with Crippen molar-refractivity contribution in [1.29, 1.82) is 0 Å². The molecule has 188 valence electrons. The minimum Gasteiger partial charge on any atom is -0.330 e. The smallest absolute Gasteiger partial charge is 0.330 e. The Morgan fingerprint density at radius 1 is 1.11 bits per heavy atom. The van der Waals surface area contributed by atoms with Crippen LogP contribution >= 0.6 is 11.6 Å². The molecule has 0 aliphatic rings. The van der Waals surface area contributed by atoms with Crippen molar-refractivity contribution in [2.24, 2.45) is 0 Å². The average molecular weight is 522 g/mol. The van der Waals surface area contributed by atoms with E-state index >= 15 is 0 Å². The minimum atomic E-state index is -4.85. The van der Waals surface area contributed by atoms with Crippen LogP contribution in [0.1, 0.15) is 32.1 Å². The van der Waals surface area contributed by atoms with E-state index in [4.69, 9.17) is 11.6 Å². The van der Waals surface area contributed by atoms with Gasteiger partial charge in [-0.05, 0) is 25.1 Å². The quantitative estimate of drug-likeness (QED) is 0.356. The molecule has 0 saturated heterocycles. The summed E-state index contributed by atoms with van der Waals surface area (Å²) in [5, 5.41) is 5.94. The fourth-order valence-electron chi connectivity index (χ4n) is 3.16. The number of anilines is 1. The zero-order valence-electron chi connectivity index (χ0n) is 19.5. The molecule has 2 heterocycles. The van der Waals surface area contributed by atoms with Crippen molar-refractivity contribution < 1.29 is 27.6 Å². The van der Waals surface area contributed by atoms with Gasteiger partial charge in [0.25, 0.3) is 11.8 Å². The Labute approximate surface area is 209 Å². The Morgan fingerprint density at radius 3 is 2.42 bits per heavy atom. The highest BCUT2D eigenvalue weighted by Gasteiger charge is 2.36. The van der Waals surface area contributed by atoms with Gasteiger partial charge in [-0.2, -0.15) is 18.3 Å². The van der Waals surface area contributed by atoms with Crippen LogP contribution in [0.5, 0.6) is 0 Å². The lowest BCUT2D eigenvalue weighted by atomic mass is 9.89. The fraction of sp³-hybridized carbons (Fsp3) is 0.190. The SMILES string of the molecule is Bc1cc(C)cc(C(=O)NNC(=O)N(C)C)c1NC(=O)c1cc(C(F)(F)F)nn1-c1ncccc1Cl. The highest BCUT2D eigenvalue weighted by molar-refractivity contribution is 6.38. The Hall–Kier alpha value is -4.07. The summed E-state index contributed by atoms with van der Waals surface area (Å²) in [5.74, 6) is -1.95. The van der Waals surface area contributed by atoms with Crippen molar-refractivity contribution in [3.05, 3.63) is 64.1 Å². The summed E-state index contributed by atoms with van der Waals surface area (Å²) < 4.78 is 40.9. The molecule has 0 saturated carbocycles. The van der Waals surface area contributed by atoms with Crippen LogP contribution in [0, 0.1) is 6.92 Å². The number of urea groups is 1. The first-order valence-electron chi connectivity index (χ1n) is 10.3. The number of hydrogen-bond acceptors (Lipinski definition) is 5. The maximum absolute atomic E-state index is 13.4. The summed E-state index contributed by atoms with van der Waals surface area (Å²) in [6, 6.07) is 5.92. The molecular formula is C21H20BClF3N7O3. The van der Waals surface area contributed by atoms with Gasteiger partial charge in [0.15, 0.2) is 11.5 Å². The maximum Gasteiger partial charge on any atom is 0.435 e. The lowest BCUT2D eigenvalue weighted by Gasteiger charge is -2.17. The Balaban J connectivity index is 2.03. The van der Waals surface area contributed by atoms with Gasteiger partial charge in [-0.1, -0.05) is 28.7 Å². The van der Waals surface area contributed by atoms with Crippen molar-refractivity contribution in [2.75, 3.05) is 19.4 Å². The van der Waals surface area contributed by atoms with Gasteiger partial charge in [0.05, 0.1) is 10.6 Å². The number of aromatic nitrogens is 3. The topological polar surface area (TPSA) is 121 Å². The Kier molecular flexibility index (Phi) is 7.58. The number of rotatable bonds is 4. The summed E-state index contributed by atoms with van der Waals surface area (Å²) in [6.07, 6.45) is -3.57. The number of halogens is 4. The van der Waals surface area contributed by atoms with Crippen molar-refractivity contribution in [1.82, 2.24) is 30.5 Å². The van der Waals surface area contributed by atoms with Crippen molar-refractivity contribution in [3.63, 3.8) is 0 Å². The van der Waals surface area contributed by atoms with Crippen molar-refractivity contribution in [2.45, 2.75) is 13.1 Å². The molecule has 36 heavy (non-hydrogen) atoms. The van der Waals surface area contributed by atoms with Gasteiger partial charge in [-0.3, -0.25) is 15.0 Å². The number of hydrazine groups is 1. The molecule has 0 radical (unpaired) electrons. The molecule has 3 rings (SSSR count). The van der Waals surface area contributed by atoms with E-state index in [0.717, 1.165) is 0 Å². The highest BCUT2D eigenvalue weighted by atomic mass is 35.5. The molecule has 0 aliphatic heterocycles. The molecule has 15 heteroatoms. The first kappa shape index (κ1) is 26.5. The van der Waals surface area contributed by atoms with Crippen LogP contribution in [0.15, 0.2) is 36.5 Å². The lowest BCUT2D eigenvalue weighted by Crippen LogP contribution is -2.46. The van der Waals surface area contributed by atoms with Crippen molar-refractivity contribution >= 4 is 48.4 Å². The number of amides is 4. The molecule has 10 nitrogen and oxygen atoms in total.